The highest BCUT2D eigenvalue weighted by Crippen LogP contribution is 2.29. The Morgan fingerprint density at radius 3 is 1.28 bits per heavy atom. The van der Waals surface area contributed by atoms with Crippen molar-refractivity contribution < 1.29 is 38.2 Å². The van der Waals surface area contributed by atoms with Crippen molar-refractivity contribution in [2.75, 3.05) is 0 Å². The SMILES string of the molecule is [O-][Cl+3]([O-])([O-])[O-].[O-][n+]1ccccc1-[n+]1c(-c2ccccc2)cc(-c2ccccc2)cc1-c1ccccc1. The molecule has 7 nitrogen and oxygen atoms in total. The van der Waals surface area contributed by atoms with Crippen LogP contribution in [0.2, 0.25) is 0 Å². The molecule has 0 N–H and O–H groups in total. The summed E-state index contributed by atoms with van der Waals surface area (Å²) in [4.78, 5) is 0. The van der Waals surface area contributed by atoms with Gasteiger partial charge >= 0.3 is 5.82 Å². The summed E-state index contributed by atoms with van der Waals surface area (Å²) in [6, 6.07) is 40.5. The van der Waals surface area contributed by atoms with E-state index >= 15 is 0 Å². The minimum atomic E-state index is -4.94. The number of aromatic nitrogens is 2. The van der Waals surface area contributed by atoms with E-state index < -0.39 is 10.2 Å². The second-order valence-electron chi connectivity index (χ2n) is 7.71. The molecule has 36 heavy (non-hydrogen) atoms. The number of hydrogen-bond acceptors (Lipinski definition) is 5. The molecule has 2 aromatic heterocycles. The summed E-state index contributed by atoms with van der Waals surface area (Å²) in [6.45, 7) is 0. The van der Waals surface area contributed by atoms with Crippen LogP contribution in [0.3, 0.4) is 0 Å². The van der Waals surface area contributed by atoms with Crippen LogP contribution in [-0.2, 0) is 0 Å². The van der Waals surface area contributed by atoms with Crippen LogP contribution in [0.5, 0.6) is 0 Å². The molecule has 0 saturated heterocycles. The van der Waals surface area contributed by atoms with Gasteiger partial charge in [-0.15, -0.1) is 15.0 Å². The first-order chi connectivity index (χ1) is 17.3. The van der Waals surface area contributed by atoms with Gasteiger partial charge in [0.05, 0.1) is 6.07 Å². The Kier molecular flexibility index (Phi) is 7.70. The molecule has 0 fully saturated rings. The highest BCUT2D eigenvalue weighted by atomic mass is 35.7. The molecular formula is C28H21ClN2O5. The monoisotopic (exact) mass is 500 g/mol. The molecule has 180 valence electrons. The van der Waals surface area contributed by atoms with Gasteiger partial charge in [0.25, 0.3) is 0 Å². The van der Waals surface area contributed by atoms with Crippen LogP contribution in [0.4, 0.5) is 0 Å². The predicted molar refractivity (Wildman–Crippen MR) is 123 cm³/mol. The smallest absolute Gasteiger partial charge is 0.461 e. The summed E-state index contributed by atoms with van der Waals surface area (Å²) >= 11 is 0. The highest BCUT2D eigenvalue weighted by Gasteiger charge is 2.29. The normalized spacial score (nSPS) is 10.9. The van der Waals surface area contributed by atoms with E-state index in [1.807, 2.05) is 71.3 Å². The van der Waals surface area contributed by atoms with Crippen molar-refractivity contribution in [3.05, 3.63) is 133 Å². The third-order valence-corrected chi connectivity index (χ3v) is 5.35. The molecule has 0 aliphatic heterocycles. The van der Waals surface area contributed by atoms with Crippen LogP contribution >= 0.6 is 0 Å². The summed E-state index contributed by atoms with van der Waals surface area (Å²) in [7, 11) is -4.94. The van der Waals surface area contributed by atoms with Crippen LogP contribution in [-0.4, -0.2) is 0 Å². The quantitative estimate of drug-likeness (QED) is 0.267. The number of benzene rings is 3. The van der Waals surface area contributed by atoms with Gasteiger partial charge in [-0.2, -0.15) is 0 Å². The minimum Gasteiger partial charge on any atom is -0.614 e. The molecule has 0 saturated carbocycles. The molecule has 0 bridgehead atoms. The lowest BCUT2D eigenvalue weighted by Crippen LogP contribution is -2.68. The number of pyridine rings is 2. The van der Waals surface area contributed by atoms with Gasteiger partial charge in [-0.3, -0.25) is 0 Å². The van der Waals surface area contributed by atoms with Crippen molar-refractivity contribution in [2.45, 2.75) is 0 Å². The Hall–Kier alpha value is -4.11. The second-order valence-corrected chi connectivity index (χ2v) is 8.47. The Balaban J connectivity index is 0.000000556. The summed E-state index contributed by atoms with van der Waals surface area (Å²) in [5, 5.41) is 12.8. The number of rotatable bonds is 4. The third-order valence-electron chi connectivity index (χ3n) is 5.35. The van der Waals surface area contributed by atoms with Crippen LogP contribution in [0.1, 0.15) is 0 Å². The number of nitrogens with zero attached hydrogens (tertiary/aromatic N) is 2. The van der Waals surface area contributed by atoms with Gasteiger partial charge in [-0.25, -0.2) is 18.6 Å². The fourth-order valence-corrected chi connectivity index (χ4v) is 3.87. The first-order valence-corrected chi connectivity index (χ1v) is 12.1. The summed E-state index contributed by atoms with van der Waals surface area (Å²) in [5.41, 5.74) is 6.23. The zero-order chi connectivity index (χ0) is 25.5. The average molecular weight is 501 g/mol. The summed E-state index contributed by atoms with van der Waals surface area (Å²) in [5.74, 6) is 0.555. The predicted octanol–water partition coefficient (Wildman–Crippen LogP) is 0.842. The van der Waals surface area contributed by atoms with E-state index in [0.717, 1.165) is 38.4 Å². The van der Waals surface area contributed by atoms with Crippen LogP contribution in [0.15, 0.2) is 128 Å². The zero-order valence-electron chi connectivity index (χ0n) is 18.9. The molecule has 5 aromatic rings. The van der Waals surface area contributed by atoms with Gasteiger partial charge in [-0.1, -0.05) is 71.3 Å². The average Bonchev–Trinajstić information content (AvgIpc) is 2.89. The lowest BCUT2D eigenvalue weighted by atomic mass is 9.99. The minimum absolute atomic E-state index is 0.555. The van der Waals surface area contributed by atoms with E-state index in [1.165, 1.54) is 6.20 Å². The molecule has 0 atom stereocenters. The standard InChI is InChI=1S/C28H21N2O.ClHO4/c31-29-19-11-10-18-28(29)30-26(23-14-6-2-7-15-23)20-25(22-12-4-1-5-13-22)21-27(30)24-16-8-3-9-17-24;2-1(3,4)5/h1-21H;(H,2,3,4,5)/q+1;/p-1. The van der Waals surface area contributed by atoms with Crippen molar-refractivity contribution >= 4 is 0 Å². The summed E-state index contributed by atoms with van der Waals surface area (Å²) in [6.07, 6.45) is 1.54. The van der Waals surface area contributed by atoms with Crippen LogP contribution < -0.4 is 27.9 Å². The van der Waals surface area contributed by atoms with Gasteiger partial charge in [-0.05, 0) is 41.5 Å². The van der Waals surface area contributed by atoms with E-state index in [-0.39, 0.29) is 0 Å². The molecule has 5 rings (SSSR count). The van der Waals surface area contributed by atoms with Crippen molar-refractivity contribution in [3.8, 4) is 39.5 Å². The first kappa shape index (κ1) is 25.0. The topological polar surface area (TPSA) is 123 Å². The van der Waals surface area contributed by atoms with E-state index in [0.29, 0.717) is 5.82 Å². The molecular weight excluding hydrogens is 480 g/mol. The lowest BCUT2D eigenvalue weighted by Gasteiger charge is -2.17. The van der Waals surface area contributed by atoms with E-state index in [1.54, 1.807) is 6.07 Å². The number of halogens is 1. The summed E-state index contributed by atoms with van der Waals surface area (Å²) < 4.78 is 36.9. The van der Waals surface area contributed by atoms with Crippen LogP contribution in [0, 0.1) is 15.5 Å². The molecule has 0 radical (unpaired) electrons. The Bertz CT molecular complexity index is 1360. The molecule has 0 unspecified atom stereocenters. The molecule has 3 aromatic carbocycles. The molecule has 0 aliphatic rings. The maximum atomic E-state index is 12.8. The van der Waals surface area contributed by atoms with Crippen molar-refractivity contribution in [3.63, 3.8) is 0 Å². The van der Waals surface area contributed by atoms with E-state index in [9.17, 15) is 5.21 Å². The zero-order valence-corrected chi connectivity index (χ0v) is 19.7. The Labute approximate surface area is 210 Å². The maximum Gasteiger partial charge on any atom is 0.461 e. The fourth-order valence-electron chi connectivity index (χ4n) is 3.87. The molecule has 0 amide bonds. The highest BCUT2D eigenvalue weighted by molar-refractivity contribution is 5.74. The Morgan fingerprint density at radius 1 is 0.472 bits per heavy atom. The van der Waals surface area contributed by atoms with Crippen LogP contribution in [0.25, 0.3) is 39.5 Å². The Morgan fingerprint density at radius 2 is 0.861 bits per heavy atom. The van der Waals surface area contributed by atoms with Gasteiger partial charge in [0.2, 0.25) is 11.4 Å². The first-order valence-electron chi connectivity index (χ1n) is 10.9. The van der Waals surface area contributed by atoms with Gasteiger partial charge in [0.1, 0.15) is 0 Å². The van der Waals surface area contributed by atoms with E-state index in [2.05, 4.69) is 48.5 Å². The molecule has 2 heterocycles. The van der Waals surface area contributed by atoms with Crippen molar-refractivity contribution in [1.29, 1.82) is 0 Å². The molecule has 0 aliphatic carbocycles. The van der Waals surface area contributed by atoms with Gasteiger partial charge < -0.3 is 5.21 Å². The third kappa shape index (κ3) is 6.31. The largest absolute Gasteiger partial charge is 0.614 e. The molecule has 0 spiro atoms. The van der Waals surface area contributed by atoms with Gasteiger partial charge in [0.15, 0.2) is 6.20 Å². The fraction of sp³-hybridized carbons (Fsp3) is 0. The lowest BCUT2D eigenvalue weighted by molar-refractivity contribution is -2.00. The van der Waals surface area contributed by atoms with Gasteiger partial charge in [0, 0.05) is 29.3 Å². The second kappa shape index (κ2) is 11.1. The van der Waals surface area contributed by atoms with Crippen molar-refractivity contribution in [2.24, 2.45) is 0 Å². The van der Waals surface area contributed by atoms with Crippen molar-refractivity contribution in [1.82, 2.24) is 0 Å². The molecule has 8 heteroatoms. The van der Waals surface area contributed by atoms with E-state index in [4.69, 9.17) is 18.6 Å². The number of hydrogen-bond donors (Lipinski definition) is 0. The maximum absolute atomic E-state index is 12.8.